The van der Waals surface area contributed by atoms with Gasteiger partial charge in [0.2, 0.25) is 11.5 Å². The fourth-order valence-electron chi connectivity index (χ4n) is 1.55. The molecule has 8 nitrogen and oxygen atoms in total. The van der Waals surface area contributed by atoms with E-state index in [1.54, 1.807) is 0 Å². The fraction of sp³-hybridized carbons (Fsp3) is 0.600. The molecule has 0 saturated carbocycles. The maximum Gasteiger partial charge on any atom is 0.284 e. The van der Waals surface area contributed by atoms with E-state index in [1.165, 1.54) is 53.0 Å². The van der Waals surface area contributed by atoms with Crippen LogP contribution < -0.4 is 0 Å². The first kappa shape index (κ1) is 14.3. The lowest BCUT2D eigenvalue weighted by molar-refractivity contribution is -0.386. The van der Waals surface area contributed by atoms with E-state index in [0.29, 0.717) is 11.5 Å². The second-order valence-corrected chi connectivity index (χ2v) is 3.00. The van der Waals surface area contributed by atoms with Gasteiger partial charge in [0.05, 0.1) is 42.7 Å². The van der Waals surface area contributed by atoms with Crippen LogP contribution in [-0.2, 0) is 28.6 Å². The molecule has 104 valence electrons. The normalized spacial score (nSPS) is 16.1. The highest BCUT2D eigenvalue weighted by molar-refractivity contribution is 5.27. The average molecular weight is 262 g/mol. The maximum atomic E-state index is 5.24. The number of nitrogens with zero attached hydrogens (tertiary/aromatic N) is 2. The summed E-state index contributed by atoms with van der Waals surface area (Å²) in [6, 6.07) is 0. The summed E-state index contributed by atoms with van der Waals surface area (Å²) in [4.78, 5) is 10.3. The first-order valence-corrected chi connectivity index (χ1v) is 5.03. The van der Waals surface area contributed by atoms with Gasteiger partial charge in [-0.2, -0.15) is 0 Å². The Morgan fingerprint density at radius 2 is 0.889 bits per heavy atom. The lowest BCUT2D eigenvalue weighted by Gasteiger charge is -2.37. The van der Waals surface area contributed by atoms with E-state index in [0.717, 1.165) is 0 Å². The van der Waals surface area contributed by atoms with E-state index in [9.17, 15) is 0 Å². The van der Waals surface area contributed by atoms with Gasteiger partial charge in [-0.15, -0.1) is 0 Å². The Bertz CT molecular complexity index is 320. The molecule has 0 fully saturated rings. The van der Waals surface area contributed by atoms with Gasteiger partial charge in [-0.1, -0.05) is 10.3 Å². The highest BCUT2D eigenvalue weighted by atomic mass is 16.9. The average Bonchev–Trinajstić information content (AvgIpc) is 2.43. The zero-order valence-corrected chi connectivity index (χ0v) is 11.3. The molecule has 0 unspecified atom stereocenters. The summed E-state index contributed by atoms with van der Waals surface area (Å²) in [5.74, 6) is 1.18. The Kier molecular flexibility index (Phi) is 4.93. The number of hydroxylamine groups is 2. The smallest absolute Gasteiger partial charge is 0.284 e. The standard InChI is InChI=1S/C10H18N2O6/c1-13-7-8(14-2)10(16-4)12(18-6)11(17-5)9(7)15-3/h1-6H3. The van der Waals surface area contributed by atoms with Gasteiger partial charge in [-0.05, 0) is 0 Å². The van der Waals surface area contributed by atoms with E-state index in [4.69, 9.17) is 28.6 Å². The second-order valence-electron chi connectivity index (χ2n) is 3.00. The predicted molar refractivity (Wildman–Crippen MR) is 59.8 cm³/mol. The van der Waals surface area contributed by atoms with Crippen molar-refractivity contribution in [3.8, 4) is 0 Å². The monoisotopic (exact) mass is 262 g/mol. The van der Waals surface area contributed by atoms with Gasteiger partial charge in [0.1, 0.15) is 0 Å². The number of methoxy groups -OCH3 is 4. The first-order chi connectivity index (χ1) is 8.69. The lowest BCUT2D eigenvalue weighted by atomic mass is 10.3. The largest absolute Gasteiger partial charge is 0.488 e. The second kappa shape index (κ2) is 6.22. The lowest BCUT2D eigenvalue weighted by Crippen LogP contribution is -2.45. The van der Waals surface area contributed by atoms with Gasteiger partial charge in [0.25, 0.3) is 11.8 Å². The summed E-state index contributed by atoms with van der Waals surface area (Å²) >= 11 is 0. The van der Waals surface area contributed by atoms with Gasteiger partial charge in [0, 0.05) is 0 Å². The zero-order valence-electron chi connectivity index (χ0n) is 11.3. The Hall–Kier alpha value is -1.80. The molecule has 0 spiro atoms. The Morgan fingerprint density at radius 3 is 1.06 bits per heavy atom. The molecule has 8 heteroatoms. The van der Waals surface area contributed by atoms with Gasteiger partial charge >= 0.3 is 0 Å². The van der Waals surface area contributed by atoms with Crippen LogP contribution in [-0.4, -0.2) is 53.0 Å². The first-order valence-electron chi connectivity index (χ1n) is 5.03. The minimum absolute atomic E-state index is 0.263. The molecular weight excluding hydrogens is 244 g/mol. The molecule has 0 aliphatic carbocycles. The van der Waals surface area contributed by atoms with Crippen molar-refractivity contribution < 1.29 is 28.6 Å². The highest BCUT2D eigenvalue weighted by Gasteiger charge is 2.38. The van der Waals surface area contributed by atoms with Crippen LogP contribution in [0.3, 0.4) is 0 Å². The van der Waals surface area contributed by atoms with E-state index in [2.05, 4.69) is 0 Å². The molecule has 0 aromatic rings. The topological polar surface area (TPSA) is 61.9 Å². The number of hydrogen-bond acceptors (Lipinski definition) is 8. The summed E-state index contributed by atoms with van der Waals surface area (Å²) in [7, 11) is 8.80. The van der Waals surface area contributed by atoms with Crippen LogP contribution >= 0.6 is 0 Å². The molecule has 1 aliphatic rings. The van der Waals surface area contributed by atoms with Crippen molar-refractivity contribution >= 4 is 0 Å². The van der Waals surface area contributed by atoms with Crippen molar-refractivity contribution in [2.75, 3.05) is 42.7 Å². The van der Waals surface area contributed by atoms with E-state index >= 15 is 0 Å². The Balaban J connectivity index is 3.39. The van der Waals surface area contributed by atoms with Crippen molar-refractivity contribution in [1.82, 2.24) is 10.3 Å². The minimum Gasteiger partial charge on any atom is -0.488 e. The highest BCUT2D eigenvalue weighted by Crippen LogP contribution is 2.32. The summed E-state index contributed by atoms with van der Waals surface area (Å²) in [5, 5.41) is 2.44. The van der Waals surface area contributed by atoms with Crippen molar-refractivity contribution in [3.05, 3.63) is 23.3 Å². The molecule has 0 aromatic heterocycles. The Labute approximate surface area is 106 Å². The number of hydrogen-bond donors (Lipinski definition) is 0. The van der Waals surface area contributed by atoms with E-state index in [1.807, 2.05) is 0 Å². The molecule has 0 radical (unpaired) electrons. The molecule has 0 atom stereocenters. The van der Waals surface area contributed by atoms with Gasteiger partial charge in [0.15, 0.2) is 0 Å². The van der Waals surface area contributed by atoms with Gasteiger partial charge in [-0.25, -0.2) is 0 Å². The van der Waals surface area contributed by atoms with Crippen LogP contribution in [0.4, 0.5) is 0 Å². The SMILES string of the molecule is COC1=C(OC)N(OC)N(OC)C(OC)=C1OC. The molecule has 0 aromatic carbocycles. The molecule has 1 heterocycles. The van der Waals surface area contributed by atoms with Crippen LogP contribution in [0.1, 0.15) is 0 Å². The summed E-state index contributed by atoms with van der Waals surface area (Å²) in [6.07, 6.45) is 0. The molecule has 0 saturated heterocycles. The Morgan fingerprint density at radius 1 is 0.556 bits per heavy atom. The zero-order chi connectivity index (χ0) is 13.7. The molecule has 1 rings (SSSR count). The third-order valence-electron chi connectivity index (χ3n) is 2.25. The number of rotatable bonds is 6. The third-order valence-corrected chi connectivity index (χ3v) is 2.25. The molecular formula is C10H18N2O6. The van der Waals surface area contributed by atoms with Crippen LogP contribution in [0.25, 0.3) is 0 Å². The molecule has 0 bridgehead atoms. The van der Waals surface area contributed by atoms with Crippen LogP contribution in [0, 0.1) is 0 Å². The third kappa shape index (κ3) is 2.12. The number of hydrazine groups is 1. The van der Waals surface area contributed by atoms with Crippen LogP contribution in [0.2, 0.25) is 0 Å². The van der Waals surface area contributed by atoms with E-state index in [-0.39, 0.29) is 11.8 Å². The summed E-state index contributed by atoms with van der Waals surface area (Å²) in [6.45, 7) is 0. The van der Waals surface area contributed by atoms with Gasteiger partial charge < -0.3 is 18.9 Å². The van der Waals surface area contributed by atoms with Crippen molar-refractivity contribution in [2.24, 2.45) is 0 Å². The van der Waals surface area contributed by atoms with Crippen LogP contribution in [0.15, 0.2) is 23.3 Å². The van der Waals surface area contributed by atoms with E-state index < -0.39 is 0 Å². The summed E-state index contributed by atoms with van der Waals surface area (Å²) < 4.78 is 20.9. The van der Waals surface area contributed by atoms with Crippen molar-refractivity contribution in [2.45, 2.75) is 0 Å². The number of ether oxygens (including phenoxy) is 4. The maximum absolute atomic E-state index is 5.24. The molecule has 18 heavy (non-hydrogen) atoms. The van der Waals surface area contributed by atoms with Crippen molar-refractivity contribution in [1.29, 1.82) is 0 Å². The quantitative estimate of drug-likeness (QED) is 0.688. The minimum atomic E-state index is 0.263. The molecule has 0 N–H and O–H groups in total. The summed E-state index contributed by atoms with van der Waals surface area (Å²) in [5.41, 5.74) is 0. The van der Waals surface area contributed by atoms with Crippen molar-refractivity contribution in [3.63, 3.8) is 0 Å². The molecule has 1 aliphatic heterocycles. The van der Waals surface area contributed by atoms with Crippen LogP contribution in [0.5, 0.6) is 0 Å². The predicted octanol–water partition coefficient (Wildman–Crippen LogP) is 0.566. The fourth-order valence-corrected chi connectivity index (χ4v) is 1.55. The molecule has 0 amide bonds. The van der Waals surface area contributed by atoms with Gasteiger partial charge in [-0.3, -0.25) is 9.68 Å².